The molecule has 1 aliphatic heterocycles. The van der Waals surface area contributed by atoms with Gasteiger partial charge in [0.25, 0.3) is 5.91 Å². The van der Waals surface area contributed by atoms with Crippen molar-refractivity contribution in [3.05, 3.63) is 42.1 Å². The maximum Gasteiger partial charge on any atom is 0.409 e. The summed E-state index contributed by atoms with van der Waals surface area (Å²) in [5.74, 6) is -1.93. The molecule has 3 rings (SSSR count). The molecular weight excluding hydrogens is 566 g/mol. The van der Waals surface area contributed by atoms with Gasteiger partial charge in [0.1, 0.15) is 16.8 Å². The molecular formula is C28H35N5O8S. The van der Waals surface area contributed by atoms with Crippen molar-refractivity contribution < 1.29 is 38.6 Å². The molecule has 14 heteroatoms. The highest BCUT2D eigenvalue weighted by atomic mass is 32.2. The third kappa shape index (κ3) is 9.72. The Labute approximate surface area is 248 Å². The number of esters is 1. The number of carboxylic acids is 1. The minimum Gasteiger partial charge on any atom is -0.481 e. The second-order valence-electron chi connectivity index (χ2n) is 9.15. The molecule has 2 N–H and O–H groups in total. The number of amides is 3. The van der Waals surface area contributed by atoms with Gasteiger partial charge in [0, 0.05) is 50.0 Å². The highest BCUT2D eigenvalue weighted by molar-refractivity contribution is 7.99. The topological polar surface area (TPSA) is 168 Å². The summed E-state index contributed by atoms with van der Waals surface area (Å²) in [6, 6.07) is 9.37. The third-order valence-electron chi connectivity index (χ3n) is 6.20. The molecule has 2 heterocycles. The first-order valence-corrected chi connectivity index (χ1v) is 14.7. The van der Waals surface area contributed by atoms with Crippen molar-refractivity contribution in [2.75, 3.05) is 45.1 Å². The monoisotopic (exact) mass is 601 g/mol. The van der Waals surface area contributed by atoms with Gasteiger partial charge in [0.2, 0.25) is 5.91 Å². The Morgan fingerprint density at radius 3 is 2.26 bits per heavy atom. The number of nitrogens with zero attached hydrogens (tertiary/aromatic N) is 4. The summed E-state index contributed by atoms with van der Waals surface area (Å²) in [5.41, 5.74) is 0.653. The Kier molecular flexibility index (Phi) is 12.5. The average molecular weight is 602 g/mol. The van der Waals surface area contributed by atoms with Crippen LogP contribution in [0.4, 0.5) is 4.79 Å². The van der Waals surface area contributed by atoms with Crippen LogP contribution in [0.5, 0.6) is 0 Å². The van der Waals surface area contributed by atoms with Crippen molar-refractivity contribution in [3.8, 4) is 11.4 Å². The highest BCUT2D eigenvalue weighted by Crippen LogP contribution is 2.23. The van der Waals surface area contributed by atoms with E-state index in [0.29, 0.717) is 16.3 Å². The standard InChI is InChI=1S/C28H35N5O8S/c1-3-40-24(36)12-17-42-22-18-21(29-25(31-22)19-8-6-5-7-9-19)26(37)30-20(10-11-23(34)35)27(38)32-13-15-33(16-14-32)28(39)41-4-2/h5-9,18,20H,3-4,10-17H2,1-2H3,(H,30,37)(H,34,35). The Bertz CT molecular complexity index is 1250. The van der Waals surface area contributed by atoms with Gasteiger partial charge in [-0.3, -0.25) is 19.2 Å². The zero-order valence-electron chi connectivity index (χ0n) is 23.6. The number of hydrogen-bond acceptors (Lipinski definition) is 10. The van der Waals surface area contributed by atoms with Crippen molar-refractivity contribution in [2.45, 2.75) is 44.2 Å². The van der Waals surface area contributed by atoms with E-state index in [4.69, 9.17) is 9.47 Å². The molecule has 0 saturated carbocycles. The Hall–Kier alpha value is -4.20. The first-order chi connectivity index (χ1) is 20.2. The van der Waals surface area contributed by atoms with Crippen LogP contribution in [0.1, 0.15) is 43.6 Å². The van der Waals surface area contributed by atoms with Crippen LogP contribution < -0.4 is 5.32 Å². The third-order valence-corrected chi connectivity index (χ3v) is 7.11. The van der Waals surface area contributed by atoms with Gasteiger partial charge in [-0.2, -0.15) is 0 Å². The molecule has 0 radical (unpaired) electrons. The Morgan fingerprint density at radius 2 is 1.62 bits per heavy atom. The summed E-state index contributed by atoms with van der Waals surface area (Å²) in [4.78, 5) is 73.9. The fourth-order valence-electron chi connectivity index (χ4n) is 4.11. The first kappa shape index (κ1) is 32.3. The van der Waals surface area contributed by atoms with Crippen LogP contribution in [-0.2, 0) is 23.9 Å². The lowest BCUT2D eigenvalue weighted by atomic mass is 10.1. The molecule has 42 heavy (non-hydrogen) atoms. The summed E-state index contributed by atoms with van der Waals surface area (Å²) in [6.07, 6.45) is -0.780. The fourth-order valence-corrected chi connectivity index (χ4v) is 4.93. The summed E-state index contributed by atoms with van der Waals surface area (Å²) < 4.78 is 9.98. The van der Waals surface area contributed by atoms with Crippen LogP contribution in [0.15, 0.2) is 41.4 Å². The Balaban J connectivity index is 1.78. The first-order valence-electron chi connectivity index (χ1n) is 13.7. The van der Waals surface area contributed by atoms with Crippen molar-refractivity contribution in [2.24, 2.45) is 0 Å². The van der Waals surface area contributed by atoms with Crippen LogP contribution in [0, 0.1) is 0 Å². The number of carbonyl (C=O) groups is 5. The molecule has 226 valence electrons. The lowest BCUT2D eigenvalue weighted by Gasteiger charge is -2.35. The molecule has 1 saturated heterocycles. The number of ether oxygens (including phenoxy) is 2. The minimum absolute atomic E-state index is 0.0113. The molecule has 1 fully saturated rings. The van der Waals surface area contributed by atoms with Crippen molar-refractivity contribution in [1.29, 1.82) is 0 Å². The van der Waals surface area contributed by atoms with Gasteiger partial charge in [-0.25, -0.2) is 14.8 Å². The number of aromatic nitrogens is 2. The van der Waals surface area contributed by atoms with Gasteiger partial charge in [-0.1, -0.05) is 30.3 Å². The van der Waals surface area contributed by atoms with E-state index in [1.54, 1.807) is 38.1 Å². The van der Waals surface area contributed by atoms with Gasteiger partial charge in [0.05, 0.1) is 19.6 Å². The molecule has 0 bridgehead atoms. The maximum atomic E-state index is 13.4. The zero-order valence-corrected chi connectivity index (χ0v) is 24.4. The molecule has 1 aromatic carbocycles. The Morgan fingerprint density at radius 1 is 0.952 bits per heavy atom. The summed E-state index contributed by atoms with van der Waals surface area (Å²) in [7, 11) is 0. The minimum atomic E-state index is -1.13. The van der Waals surface area contributed by atoms with Gasteiger partial charge < -0.3 is 29.7 Å². The number of benzene rings is 1. The molecule has 1 aliphatic rings. The normalized spacial score (nSPS) is 13.7. The summed E-state index contributed by atoms with van der Waals surface area (Å²) >= 11 is 1.26. The quantitative estimate of drug-likeness (QED) is 0.197. The predicted octanol–water partition coefficient (Wildman–Crippen LogP) is 2.45. The van der Waals surface area contributed by atoms with Gasteiger partial charge in [-0.05, 0) is 20.3 Å². The summed E-state index contributed by atoms with van der Waals surface area (Å²) in [5, 5.41) is 12.4. The van der Waals surface area contributed by atoms with E-state index in [1.165, 1.54) is 27.6 Å². The highest BCUT2D eigenvalue weighted by Gasteiger charge is 2.31. The molecule has 13 nitrogen and oxygen atoms in total. The molecule has 1 unspecified atom stereocenters. The maximum absolute atomic E-state index is 13.4. The van der Waals surface area contributed by atoms with E-state index >= 15 is 0 Å². The van der Waals surface area contributed by atoms with Crippen LogP contribution in [-0.4, -0.2) is 106 Å². The summed E-state index contributed by atoms with van der Waals surface area (Å²) in [6.45, 7) is 4.88. The zero-order chi connectivity index (χ0) is 30.5. The lowest BCUT2D eigenvalue weighted by Crippen LogP contribution is -2.56. The van der Waals surface area contributed by atoms with E-state index in [2.05, 4.69) is 15.3 Å². The molecule has 0 aliphatic carbocycles. The van der Waals surface area contributed by atoms with Crippen LogP contribution >= 0.6 is 11.8 Å². The number of carboxylic acid groups (broad SMARTS) is 1. The number of nitrogens with one attached hydrogen (secondary N) is 1. The lowest BCUT2D eigenvalue weighted by molar-refractivity contribution is -0.142. The smallest absolute Gasteiger partial charge is 0.409 e. The van der Waals surface area contributed by atoms with E-state index in [0.717, 1.165) is 0 Å². The molecule has 0 spiro atoms. The van der Waals surface area contributed by atoms with Crippen LogP contribution in [0.2, 0.25) is 0 Å². The van der Waals surface area contributed by atoms with Crippen molar-refractivity contribution in [3.63, 3.8) is 0 Å². The molecule has 3 amide bonds. The van der Waals surface area contributed by atoms with Gasteiger partial charge in [0.15, 0.2) is 5.82 Å². The van der Waals surface area contributed by atoms with Gasteiger partial charge in [-0.15, -0.1) is 11.8 Å². The number of rotatable bonds is 13. The predicted molar refractivity (Wildman–Crippen MR) is 153 cm³/mol. The SMILES string of the molecule is CCOC(=O)CCSc1cc(C(=O)NC(CCC(=O)O)C(=O)N2CCN(C(=O)OCC)CC2)nc(-c2ccccc2)n1. The van der Waals surface area contributed by atoms with E-state index in [1.807, 2.05) is 6.07 Å². The van der Waals surface area contributed by atoms with Crippen molar-refractivity contribution >= 4 is 41.6 Å². The molecule has 1 atom stereocenters. The number of piperazine rings is 1. The van der Waals surface area contributed by atoms with Gasteiger partial charge >= 0.3 is 18.0 Å². The van der Waals surface area contributed by atoms with Crippen LogP contribution in [0.3, 0.4) is 0 Å². The van der Waals surface area contributed by atoms with E-state index < -0.39 is 29.9 Å². The second kappa shape index (κ2) is 16.3. The van der Waals surface area contributed by atoms with E-state index in [9.17, 15) is 29.1 Å². The average Bonchev–Trinajstić information content (AvgIpc) is 2.99. The number of thioether (sulfide) groups is 1. The molecule has 1 aromatic heterocycles. The van der Waals surface area contributed by atoms with Crippen LogP contribution in [0.25, 0.3) is 11.4 Å². The largest absolute Gasteiger partial charge is 0.481 e. The van der Waals surface area contributed by atoms with Crippen molar-refractivity contribution in [1.82, 2.24) is 25.1 Å². The molecule has 2 aromatic rings. The number of aliphatic carboxylic acids is 1. The number of hydrogen-bond donors (Lipinski definition) is 2. The number of carbonyl (C=O) groups excluding carboxylic acids is 4. The second-order valence-corrected chi connectivity index (χ2v) is 10.3. The van der Waals surface area contributed by atoms with E-state index in [-0.39, 0.29) is 76.1 Å². The fraction of sp³-hybridized carbons (Fsp3) is 0.464.